The molecule has 2 aliphatic rings. The zero-order valence-electron chi connectivity index (χ0n) is 46.2. The summed E-state index contributed by atoms with van der Waals surface area (Å²) < 4.78 is 84.6. The number of phosphoric acid groups is 1. The van der Waals surface area contributed by atoms with E-state index in [1.807, 2.05) is 0 Å². The van der Waals surface area contributed by atoms with Gasteiger partial charge >= 0.3 is 55.3 Å². The van der Waals surface area contributed by atoms with E-state index < -0.39 is 166 Å². The number of nitrogens with one attached hydrogen (secondary N) is 2. The molecule has 0 radical (unpaired) electrons. The topological polar surface area (TPSA) is 340 Å². The van der Waals surface area contributed by atoms with Crippen molar-refractivity contribution in [2.24, 2.45) is 0 Å². The standard InChI is InChI=1S/C55H61N4O23PS/c1-8-26-73-83(70,74-27-28-84-55(53(68)71-7)29-40(76-34(4)62)44(56-32(2)60)47(82-55)45(78-36(6)64)41(77-35(5)63)30-72-33(3)61)75-31-42-46(80-51(66)38-20-14-10-15-21-38)48(81-52(67)39-22-16-11-17-23-39)50(79-42)59-25-24-43(58-54(59)69)57-49(65)37-18-12-9-13-19-37/h8-25,40-42,44-48,50H,1,26-31H2,2-7H3,(H,56,60)(H,57,58,65,69)/t40-,41+,42+,44+,45+,46+,47+,48+,50+,55+,83?/m0/s1. The van der Waals surface area contributed by atoms with Crippen LogP contribution >= 0.6 is 19.6 Å². The van der Waals surface area contributed by atoms with Crippen molar-refractivity contribution in [3.05, 3.63) is 143 Å². The molecule has 84 heavy (non-hydrogen) atoms. The molecule has 3 heterocycles. The van der Waals surface area contributed by atoms with Gasteiger partial charge < -0.3 is 53.3 Å². The van der Waals surface area contributed by atoms with Crippen molar-refractivity contribution in [1.29, 1.82) is 0 Å². The van der Waals surface area contributed by atoms with Crippen LogP contribution in [0.5, 0.6) is 0 Å². The normalized spacial score (nSPS) is 22.2. The van der Waals surface area contributed by atoms with E-state index in [4.69, 9.17) is 56.2 Å². The molecule has 2 aliphatic heterocycles. The second-order valence-corrected chi connectivity index (χ2v) is 21.3. The van der Waals surface area contributed by atoms with Crippen LogP contribution in [0.25, 0.3) is 0 Å². The van der Waals surface area contributed by atoms with Gasteiger partial charge in [-0.2, -0.15) is 4.98 Å². The summed E-state index contributed by atoms with van der Waals surface area (Å²) in [5.41, 5.74) is -0.670. The number of esters is 7. The van der Waals surface area contributed by atoms with Crippen molar-refractivity contribution in [3.63, 3.8) is 0 Å². The van der Waals surface area contributed by atoms with Crippen molar-refractivity contribution < 1.29 is 104 Å². The quantitative estimate of drug-likeness (QED) is 0.0274. The number of amides is 2. The van der Waals surface area contributed by atoms with Crippen LogP contribution in [0.1, 0.15) is 78.3 Å². The van der Waals surface area contributed by atoms with Crippen LogP contribution in [0.4, 0.5) is 5.82 Å². The highest BCUT2D eigenvalue weighted by atomic mass is 32.2. The maximum absolute atomic E-state index is 14.7. The smallest absolute Gasteiger partial charge is 0.466 e. The number of thioether (sulfide) groups is 1. The lowest BCUT2D eigenvalue weighted by atomic mass is 9.89. The Balaban J connectivity index is 1.32. The average molecular weight is 1210 g/mol. The Hall–Kier alpha value is -8.11. The second-order valence-electron chi connectivity index (χ2n) is 18.3. The van der Waals surface area contributed by atoms with Gasteiger partial charge in [-0.25, -0.2) is 23.7 Å². The van der Waals surface area contributed by atoms with Crippen molar-refractivity contribution in [3.8, 4) is 0 Å². The summed E-state index contributed by atoms with van der Waals surface area (Å²) in [6.07, 6.45) is -11.5. The van der Waals surface area contributed by atoms with Gasteiger partial charge in [-0.1, -0.05) is 60.7 Å². The summed E-state index contributed by atoms with van der Waals surface area (Å²) in [7, 11) is -3.87. The Morgan fingerprint density at radius 1 is 0.774 bits per heavy atom. The number of phosphoric ester groups is 1. The van der Waals surface area contributed by atoms with Crippen molar-refractivity contribution >= 4 is 79.0 Å². The van der Waals surface area contributed by atoms with Gasteiger partial charge in [0.05, 0.1) is 44.1 Å². The minimum Gasteiger partial charge on any atom is -0.466 e. The number of ether oxygens (including phenoxy) is 9. The van der Waals surface area contributed by atoms with Gasteiger partial charge in [0.1, 0.15) is 30.7 Å². The van der Waals surface area contributed by atoms with Crippen molar-refractivity contribution in [1.82, 2.24) is 14.9 Å². The summed E-state index contributed by atoms with van der Waals surface area (Å²) in [6, 6.07) is 23.2. The third-order valence-corrected chi connectivity index (χ3v) is 14.8. The van der Waals surface area contributed by atoms with Crippen LogP contribution in [0.15, 0.2) is 121 Å². The SMILES string of the molecule is C=CCOP(=O)(OCCS[C@@]1(C(=O)OC)C[C@H](OC(C)=O)[C@@H](NC(C)=O)[C@H]([C@H](OC(C)=O)[C@@H](COC(C)=O)OC(C)=O)O1)OC[C@H]1O[C@@H](n2ccc(NC(=O)c3ccccc3)nc2=O)[C@H](OC(=O)c2ccccc2)[C@@H]1OC(=O)c1ccccc1. The number of benzene rings is 3. The first-order valence-electron chi connectivity index (χ1n) is 25.7. The van der Waals surface area contributed by atoms with Gasteiger partial charge in [-0.15, -0.1) is 18.3 Å². The zero-order valence-corrected chi connectivity index (χ0v) is 47.9. The predicted molar refractivity (Wildman–Crippen MR) is 291 cm³/mol. The largest absolute Gasteiger partial charge is 0.475 e. The van der Waals surface area contributed by atoms with E-state index in [0.717, 1.165) is 46.3 Å². The number of anilines is 1. The number of hydrogen-bond acceptors (Lipinski definition) is 25. The number of methoxy groups -OCH3 is 1. The summed E-state index contributed by atoms with van der Waals surface area (Å²) in [6.45, 7) is 6.10. The van der Waals surface area contributed by atoms with E-state index in [-0.39, 0.29) is 22.5 Å². The van der Waals surface area contributed by atoms with Crippen LogP contribution in [0.2, 0.25) is 0 Å². The minimum atomic E-state index is -4.87. The Kier molecular flexibility index (Phi) is 23.6. The molecule has 0 aliphatic carbocycles. The highest BCUT2D eigenvalue weighted by Crippen LogP contribution is 2.51. The number of carbonyl (C=O) groups excluding carboxylic acids is 9. The Bertz CT molecular complexity index is 3120. The lowest BCUT2D eigenvalue weighted by Gasteiger charge is -2.48. The zero-order chi connectivity index (χ0) is 61.1. The van der Waals surface area contributed by atoms with Crippen LogP contribution in [-0.2, 0) is 89.5 Å². The maximum Gasteiger partial charge on any atom is 0.475 e. The summed E-state index contributed by atoms with van der Waals surface area (Å²) in [4.78, 5) is 133. The maximum atomic E-state index is 14.7. The molecule has 3 aromatic carbocycles. The van der Waals surface area contributed by atoms with Gasteiger partial charge in [-0.3, -0.25) is 46.9 Å². The van der Waals surface area contributed by atoms with Crippen LogP contribution in [-0.4, -0.2) is 156 Å². The molecule has 1 unspecified atom stereocenters. The molecule has 2 amide bonds. The van der Waals surface area contributed by atoms with E-state index in [1.54, 1.807) is 66.7 Å². The van der Waals surface area contributed by atoms with Gasteiger partial charge in [-0.05, 0) is 42.5 Å². The van der Waals surface area contributed by atoms with E-state index in [9.17, 15) is 52.5 Å². The molecule has 450 valence electrons. The van der Waals surface area contributed by atoms with Gasteiger partial charge in [0.2, 0.25) is 10.8 Å². The summed E-state index contributed by atoms with van der Waals surface area (Å²) >= 11 is 0.629. The van der Waals surface area contributed by atoms with Crippen molar-refractivity contribution in [2.75, 3.05) is 44.6 Å². The molecule has 0 spiro atoms. The van der Waals surface area contributed by atoms with E-state index in [1.165, 1.54) is 42.6 Å². The van der Waals surface area contributed by atoms with Crippen LogP contribution < -0.4 is 16.3 Å². The number of rotatable bonds is 27. The molecule has 6 rings (SSSR count). The lowest BCUT2D eigenvalue weighted by Crippen LogP contribution is -2.68. The van der Waals surface area contributed by atoms with Crippen molar-refractivity contribution in [2.45, 2.75) is 101 Å². The first-order chi connectivity index (χ1) is 40.0. The molecule has 1 aromatic heterocycles. The summed E-state index contributed by atoms with van der Waals surface area (Å²) in [5, 5.41) is 5.12. The van der Waals surface area contributed by atoms with Crippen LogP contribution in [0, 0.1) is 0 Å². The minimum absolute atomic E-state index is 0.0443. The summed E-state index contributed by atoms with van der Waals surface area (Å²) in [5.74, 6) is -8.54. The van der Waals surface area contributed by atoms with Gasteiger partial charge in [0, 0.05) is 58.6 Å². The van der Waals surface area contributed by atoms with E-state index in [2.05, 4.69) is 22.2 Å². The molecule has 0 bridgehead atoms. The molecule has 0 saturated carbocycles. The third-order valence-electron chi connectivity index (χ3n) is 12.1. The molecule has 27 nitrogen and oxygen atoms in total. The molecule has 4 aromatic rings. The Labute approximate surface area is 484 Å². The Morgan fingerprint density at radius 2 is 1.37 bits per heavy atom. The lowest BCUT2D eigenvalue weighted by molar-refractivity contribution is -0.224. The Morgan fingerprint density at radius 3 is 1.90 bits per heavy atom. The number of carbonyl (C=O) groups is 9. The first kappa shape index (κ1) is 65.0. The van der Waals surface area contributed by atoms with Crippen LogP contribution in [0.3, 0.4) is 0 Å². The molecule has 2 fully saturated rings. The second kappa shape index (κ2) is 30.4. The fourth-order valence-corrected chi connectivity index (χ4v) is 11.1. The molecular formula is C55H61N4O23PS. The number of aromatic nitrogens is 2. The first-order valence-corrected chi connectivity index (χ1v) is 28.1. The average Bonchev–Trinajstić information content (AvgIpc) is 3.69. The highest BCUT2D eigenvalue weighted by Gasteiger charge is 2.59. The van der Waals surface area contributed by atoms with E-state index >= 15 is 0 Å². The van der Waals surface area contributed by atoms with E-state index in [0.29, 0.717) is 11.8 Å². The fraction of sp³-hybridized carbons (Fsp3) is 0.400. The van der Waals surface area contributed by atoms with Gasteiger partial charge in [0.15, 0.2) is 30.6 Å². The number of hydrogen-bond donors (Lipinski definition) is 2. The molecule has 11 atom stereocenters. The molecular weight excluding hydrogens is 1150 g/mol. The predicted octanol–water partition coefficient (Wildman–Crippen LogP) is 4.44. The molecule has 29 heteroatoms. The van der Waals surface area contributed by atoms with Gasteiger partial charge in [0.25, 0.3) is 5.91 Å². The molecule has 2 N–H and O–H groups in total. The number of nitrogens with zero attached hydrogens (tertiary/aromatic N) is 2. The molecule has 2 saturated heterocycles. The monoisotopic (exact) mass is 1210 g/mol. The highest BCUT2D eigenvalue weighted by molar-refractivity contribution is 8.01. The fourth-order valence-electron chi connectivity index (χ4n) is 8.64. The third kappa shape index (κ3) is 17.9.